The van der Waals surface area contributed by atoms with Crippen molar-refractivity contribution in [2.75, 3.05) is 10.6 Å². The van der Waals surface area contributed by atoms with E-state index in [0.717, 1.165) is 0 Å². The number of rotatable bonds is 4. The van der Waals surface area contributed by atoms with E-state index in [9.17, 15) is 9.59 Å². The maximum atomic E-state index is 12.6. The van der Waals surface area contributed by atoms with Gasteiger partial charge in [-0.2, -0.15) is 0 Å². The molecular weight excluding hydrogens is 312 g/mol. The van der Waals surface area contributed by atoms with E-state index < -0.39 is 5.41 Å². The summed E-state index contributed by atoms with van der Waals surface area (Å²) in [4.78, 5) is 25.1. The zero-order valence-electron chi connectivity index (χ0n) is 15.5. The molecule has 0 bridgehead atoms. The summed E-state index contributed by atoms with van der Waals surface area (Å²) in [7, 11) is 0. The van der Waals surface area contributed by atoms with Crippen LogP contribution in [0.4, 0.5) is 11.4 Å². The second-order valence-electron chi connectivity index (χ2n) is 7.73. The van der Waals surface area contributed by atoms with Gasteiger partial charge in [0.15, 0.2) is 0 Å². The highest BCUT2D eigenvalue weighted by Crippen LogP contribution is 2.25. The number of para-hydroxylation sites is 1. The third-order valence-electron chi connectivity index (χ3n) is 4.18. The molecule has 2 aromatic carbocycles. The Morgan fingerprint density at radius 3 is 1.56 bits per heavy atom. The number of hydrogen-bond acceptors (Lipinski definition) is 2. The molecule has 2 amide bonds. The molecule has 0 radical (unpaired) electrons. The average Bonchev–Trinajstić information content (AvgIpc) is 2.55. The molecule has 2 aromatic rings. The lowest BCUT2D eigenvalue weighted by Gasteiger charge is -2.23. The average molecular weight is 338 g/mol. The Balaban J connectivity index is 2.06. The molecule has 0 fully saturated rings. The zero-order valence-corrected chi connectivity index (χ0v) is 15.5. The van der Waals surface area contributed by atoms with Crippen LogP contribution in [0.25, 0.3) is 0 Å². The number of nitrogens with one attached hydrogen (secondary N) is 2. The van der Waals surface area contributed by atoms with Crippen molar-refractivity contribution in [2.45, 2.75) is 40.0 Å². The minimum atomic E-state index is -1.20. The highest BCUT2D eigenvalue weighted by molar-refractivity contribution is 6.13. The van der Waals surface area contributed by atoms with Gasteiger partial charge < -0.3 is 10.6 Å². The largest absolute Gasteiger partial charge is 0.325 e. The van der Waals surface area contributed by atoms with Crippen molar-refractivity contribution < 1.29 is 9.59 Å². The minimum absolute atomic E-state index is 0.0530. The van der Waals surface area contributed by atoms with Crippen LogP contribution in [0, 0.1) is 5.41 Å². The topological polar surface area (TPSA) is 58.2 Å². The summed E-state index contributed by atoms with van der Waals surface area (Å²) in [5.41, 5.74) is 1.39. The van der Waals surface area contributed by atoms with E-state index in [4.69, 9.17) is 0 Å². The van der Waals surface area contributed by atoms with Crippen LogP contribution in [0.2, 0.25) is 0 Å². The van der Waals surface area contributed by atoms with E-state index >= 15 is 0 Å². The molecule has 0 unspecified atom stereocenters. The summed E-state index contributed by atoms with van der Waals surface area (Å²) in [6, 6.07) is 16.8. The van der Waals surface area contributed by atoms with Crippen LogP contribution in [0.3, 0.4) is 0 Å². The number of benzene rings is 2. The minimum Gasteiger partial charge on any atom is -0.325 e. The maximum Gasteiger partial charge on any atom is 0.239 e. The molecule has 2 rings (SSSR count). The van der Waals surface area contributed by atoms with Crippen molar-refractivity contribution in [2.24, 2.45) is 5.41 Å². The van der Waals surface area contributed by atoms with Gasteiger partial charge >= 0.3 is 0 Å². The molecule has 0 aromatic heterocycles. The molecule has 0 aliphatic carbocycles. The van der Waals surface area contributed by atoms with Crippen molar-refractivity contribution in [1.82, 2.24) is 0 Å². The van der Waals surface area contributed by atoms with Crippen molar-refractivity contribution in [3.63, 3.8) is 0 Å². The van der Waals surface area contributed by atoms with E-state index in [1.807, 2.05) is 42.5 Å². The SMILES string of the molecule is CC(C)(C(=O)Nc1ccccc1)C(=O)Nc1ccc(C(C)(C)C)cc1. The van der Waals surface area contributed by atoms with Gasteiger partial charge in [0.1, 0.15) is 5.41 Å². The fraction of sp³-hybridized carbons (Fsp3) is 0.333. The van der Waals surface area contributed by atoms with Crippen LogP contribution in [0.5, 0.6) is 0 Å². The molecule has 0 aliphatic heterocycles. The molecule has 0 saturated carbocycles. The van der Waals surface area contributed by atoms with E-state index in [1.165, 1.54) is 5.56 Å². The standard InChI is InChI=1S/C21H26N2O2/c1-20(2,3)15-11-13-17(14-12-15)23-19(25)21(4,5)18(24)22-16-9-7-6-8-10-16/h6-14H,1-5H3,(H,22,24)(H,23,25). The second kappa shape index (κ2) is 7.09. The number of carbonyl (C=O) groups is 2. The zero-order chi connectivity index (χ0) is 18.7. The van der Waals surface area contributed by atoms with E-state index in [-0.39, 0.29) is 17.2 Å². The molecule has 0 aliphatic rings. The molecule has 0 heterocycles. The molecule has 2 N–H and O–H groups in total. The fourth-order valence-corrected chi connectivity index (χ4v) is 2.25. The van der Waals surface area contributed by atoms with Crippen LogP contribution in [-0.2, 0) is 15.0 Å². The molecule has 132 valence electrons. The number of amides is 2. The highest BCUT2D eigenvalue weighted by atomic mass is 16.2. The van der Waals surface area contributed by atoms with Gasteiger partial charge in [-0.3, -0.25) is 9.59 Å². The van der Waals surface area contributed by atoms with Gasteiger partial charge in [0.25, 0.3) is 0 Å². The maximum absolute atomic E-state index is 12.6. The molecule has 4 nitrogen and oxygen atoms in total. The first kappa shape index (κ1) is 18.7. The summed E-state index contributed by atoms with van der Waals surface area (Å²) in [5.74, 6) is -0.688. The predicted molar refractivity (Wildman–Crippen MR) is 103 cm³/mol. The molecule has 0 saturated heterocycles. The highest BCUT2D eigenvalue weighted by Gasteiger charge is 2.36. The Bertz CT molecular complexity index is 742. The fourth-order valence-electron chi connectivity index (χ4n) is 2.25. The lowest BCUT2D eigenvalue weighted by molar-refractivity contribution is -0.135. The molecular formula is C21H26N2O2. The molecule has 0 spiro atoms. The molecule has 4 heteroatoms. The van der Waals surface area contributed by atoms with E-state index in [2.05, 4.69) is 31.4 Å². The Kier molecular flexibility index (Phi) is 5.31. The predicted octanol–water partition coefficient (Wildman–Crippen LogP) is 4.59. The van der Waals surface area contributed by atoms with Crippen LogP contribution < -0.4 is 10.6 Å². The van der Waals surface area contributed by atoms with Crippen LogP contribution in [0.1, 0.15) is 40.2 Å². The summed E-state index contributed by atoms with van der Waals surface area (Å²) in [6.07, 6.45) is 0. The summed E-state index contributed by atoms with van der Waals surface area (Å²) in [5, 5.41) is 5.61. The summed E-state index contributed by atoms with van der Waals surface area (Å²) < 4.78 is 0. The number of hydrogen-bond donors (Lipinski definition) is 2. The lowest BCUT2D eigenvalue weighted by Crippen LogP contribution is -2.41. The third-order valence-corrected chi connectivity index (χ3v) is 4.18. The Morgan fingerprint density at radius 2 is 1.12 bits per heavy atom. The van der Waals surface area contributed by atoms with Crippen molar-refractivity contribution >= 4 is 23.2 Å². The smallest absolute Gasteiger partial charge is 0.239 e. The monoisotopic (exact) mass is 338 g/mol. The Labute approximate surface area is 149 Å². The summed E-state index contributed by atoms with van der Waals surface area (Å²) >= 11 is 0. The normalized spacial score (nSPS) is 11.7. The third kappa shape index (κ3) is 4.69. The quantitative estimate of drug-likeness (QED) is 0.801. The van der Waals surface area contributed by atoms with Crippen molar-refractivity contribution in [1.29, 1.82) is 0 Å². The number of carbonyl (C=O) groups excluding carboxylic acids is 2. The van der Waals surface area contributed by atoms with E-state index in [0.29, 0.717) is 11.4 Å². The van der Waals surface area contributed by atoms with Crippen molar-refractivity contribution in [3.05, 3.63) is 60.2 Å². The van der Waals surface area contributed by atoms with Gasteiger partial charge in [0.2, 0.25) is 11.8 Å². The van der Waals surface area contributed by atoms with Gasteiger partial charge in [-0.1, -0.05) is 51.1 Å². The first-order valence-corrected chi connectivity index (χ1v) is 8.39. The Hall–Kier alpha value is -2.62. The lowest BCUT2D eigenvalue weighted by atomic mass is 9.87. The van der Waals surface area contributed by atoms with Gasteiger partial charge in [-0.05, 0) is 49.1 Å². The first-order valence-electron chi connectivity index (χ1n) is 8.39. The Morgan fingerprint density at radius 1 is 0.680 bits per heavy atom. The van der Waals surface area contributed by atoms with Crippen LogP contribution in [0.15, 0.2) is 54.6 Å². The molecule has 0 atom stereocenters. The van der Waals surface area contributed by atoms with Crippen molar-refractivity contribution in [3.8, 4) is 0 Å². The second-order valence-corrected chi connectivity index (χ2v) is 7.73. The van der Waals surface area contributed by atoms with Gasteiger partial charge in [0.05, 0.1) is 0 Å². The number of anilines is 2. The van der Waals surface area contributed by atoms with Gasteiger partial charge in [-0.25, -0.2) is 0 Å². The summed E-state index contributed by atoms with van der Waals surface area (Å²) in [6.45, 7) is 9.64. The van der Waals surface area contributed by atoms with Crippen LogP contribution >= 0.6 is 0 Å². The first-order chi connectivity index (χ1) is 11.6. The van der Waals surface area contributed by atoms with E-state index in [1.54, 1.807) is 26.0 Å². The van der Waals surface area contributed by atoms with Gasteiger partial charge in [0, 0.05) is 11.4 Å². The van der Waals surface area contributed by atoms with Crippen LogP contribution in [-0.4, -0.2) is 11.8 Å². The van der Waals surface area contributed by atoms with Gasteiger partial charge in [-0.15, -0.1) is 0 Å². The molecule has 25 heavy (non-hydrogen) atoms.